The topological polar surface area (TPSA) is 51.2 Å². The van der Waals surface area contributed by atoms with Crippen LogP contribution >= 0.6 is 0 Å². The highest BCUT2D eigenvalue weighted by molar-refractivity contribution is 5.95. The molecule has 112 valence electrons. The number of nitrogens with one attached hydrogen (secondary N) is 1. The Morgan fingerprint density at radius 1 is 1.52 bits per heavy atom. The van der Waals surface area contributed by atoms with Crippen LogP contribution < -0.4 is 5.32 Å². The molecule has 6 heteroatoms. The minimum absolute atomic E-state index is 0.0920. The summed E-state index contributed by atoms with van der Waals surface area (Å²) in [5.74, 6) is 5.10. The maximum absolute atomic E-state index is 12.7. The Labute approximate surface area is 121 Å². The van der Waals surface area contributed by atoms with Gasteiger partial charge in [-0.25, -0.2) is 8.78 Å². The second-order valence-corrected chi connectivity index (χ2v) is 4.60. The fourth-order valence-corrected chi connectivity index (χ4v) is 2.02. The number of carbonyl (C=O) groups excluding carboxylic acids is 1. The first kappa shape index (κ1) is 15.4. The Kier molecular flexibility index (Phi) is 5.64. The quantitative estimate of drug-likeness (QED) is 0.870. The third-order valence-electron chi connectivity index (χ3n) is 3.07. The largest absolute Gasteiger partial charge is 0.366 e. The highest BCUT2D eigenvalue weighted by Gasteiger charge is 2.18. The SMILES string of the molecule is O=C(NCC#C[C@@H]1CCCCO1)c1cccnc1C(F)F. The van der Waals surface area contributed by atoms with Crippen LogP contribution in [-0.2, 0) is 4.74 Å². The number of alkyl halides is 2. The smallest absolute Gasteiger partial charge is 0.281 e. The second-order valence-electron chi connectivity index (χ2n) is 4.60. The standard InChI is InChI=1S/C15H16F2N2O2/c16-14(17)13-12(7-4-8-18-13)15(20)19-9-3-6-11-5-1-2-10-21-11/h4,7-8,11,14H,1-2,5,9-10H2,(H,19,20)/t11-/m0/s1. The molecule has 1 aromatic rings. The lowest BCUT2D eigenvalue weighted by Gasteiger charge is -2.17. The van der Waals surface area contributed by atoms with Gasteiger partial charge in [-0.15, -0.1) is 0 Å². The van der Waals surface area contributed by atoms with Gasteiger partial charge in [0, 0.05) is 12.8 Å². The van der Waals surface area contributed by atoms with Crippen LogP contribution in [0.4, 0.5) is 8.78 Å². The summed E-state index contributed by atoms with van der Waals surface area (Å²) in [6, 6.07) is 2.77. The molecule has 0 aromatic carbocycles. The van der Waals surface area contributed by atoms with E-state index in [4.69, 9.17) is 4.74 Å². The first-order valence-corrected chi connectivity index (χ1v) is 6.79. The molecule has 0 unspecified atom stereocenters. The summed E-state index contributed by atoms with van der Waals surface area (Å²) in [7, 11) is 0. The maximum atomic E-state index is 12.7. The van der Waals surface area contributed by atoms with Crippen molar-refractivity contribution in [3.8, 4) is 11.8 Å². The molecule has 0 radical (unpaired) electrons. The molecule has 21 heavy (non-hydrogen) atoms. The third-order valence-corrected chi connectivity index (χ3v) is 3.07. The lowest BCUT2D eigenvalue weighted by molar-refractivity contribution is 0.0525. The summed E-state index contributed by atoms with van der Waals surface area (Å²) >= 11 is 0. The van der Waals surface area contributed by atoms with E-state index in [-0.39, 0.29) is 18.2 Å². The second kappa shape index (κ2) is 7.70. The first-order chi connectivity index (χ1) is 10.2. The van der Waals surface area contributed by atoms with Gasteiger partial charge in [0.1, 0.15) is 11.8 Å². The number of carbonyl (C=O) groups is 1. The van der Waals surface area contributed by atoms with Crippen molar-refractivity contribution in [1.82, 2.24) is 10.3 Å². The van der Waals surface area contributed by atoms with Crippen LogP contribution in [0.2, 0.25) is 0 Å². The van der Waals surface area contributed by atoms with Gasteiger partial charge in [-0.2, -0.15) is 0 Å². The van der Waals surface area contributed by atoms with Gasteiger partial charge in [-0.1, -0.05) is 11.8 Å². The van der Waals surface area contributed by atoms with Gasteiger partial charge in [0.2, 0.25) is 0 Å². The van der Waals surface area contributed by atoms with Crippen molar-refractivity contribution in [1.29, 1.82) is 0 Å². The van der Waals surface area contributed by atoms with E-state index >= 15 is 0 Å². The number of halogens is 2. The molecule has 0 bridgehead atoms. The Morgan fingerprint density at radius 3 is 3.10 bits per heavy atom. The fourth-order valence-electron chi connectivity index (χ4n) is 2.02. The van der Waals surface area contributed by atoms with E-state index in [0.717, 1.165) is 19.3 Å². The first-order valence-electron chi connectivity index (χ1n) is 6.79. The van der Waals surface area contributed by atoms with Gasteiger partial charge < -0.3 is 10.1 Å². The summed E-state index contributed by atoms with van der Waals surface area (Å²) < 4.78 is 30.9. The van der Waals surface area contributed by atoms with E-state index in [9.17, 15) is 13.6 Å². The van der Waals surface area contributed by atoms with Gasteiger partial charge in [0.15, 0.2) is 0 Å². The van der Waals surface area contributed by atoms with Crippen molar-refractivity contribution in [2.45, 2.75) is 31.8 Å². The van der Waals surface area contributed by atoms with Gasteiger partial charge >= 0.3 is 0 Å². The number of hydrogen-bond acceptors (Lipinski definition) is 3. The van der Waals surface area contributed by atoms with E-state index in [0.29, 0.717) is 6.61 Å². The molecule has 1 aliphatic rings. The summed E-state index contributed by atoms with van der Waals surface area (Å²) in [4.78, 5) is 15.4. The van der Waals surface area contributed by atoms with E-state index < -0.39 is 18.0 Å². The van der Waals surface area contributed by atoms with E-state index in [1.807, 2.05) is 0 Å². The minimum atomic E-state index is -2.78. The van der Waals surface area contributed by atoms with Crippen molar-refractivity contribution >= 4 is 5.91 Å². The van der Waals surface area contributed by atoms with Gasteiger partial charge in [-0.3, -0.25) is 9.78 Å². The minimum Gasteiger partial charge on any atom is -0.366 e. The molecule has 2 rings (SSSR count). The lowest BCUT2D eigenvalue weighted by atomic mass is 10.1. The van der Waals surface area contributed by atoms with Gasteiger partial charge in [0.05, 0.1) is 12.1 Å². The number of pyridine rings is 1. The zero-order chi connectivity index (χ0) is 15.1. The van der Waals surface area contributed by atoms with Crippen LogP contribution in [0.25, 0.3) is 0 Å². The Balaban J connectivity index is 1.89. The summed E-state index contributed by atoms with van der Waals surface area (Å²) in [5, 5.41) is 2.49. The monoisotopic (exact) mass is 294 g/mol. The predicted molar refractivity (Wildman–Crippen MR) is 72.9 cm³/mol. The summed E-state index contributed by atoms with van der Waals surface area (Å²) in [6.45, 7) is 0.801. The van der Waals surface area contributed by atoms with Crippen molar-refractivity contribution < 1.29 is 18.3 Å². The highest BCUT2D eigenvalue weighted by atomic mass is 19.3. The number of ether oxygens (including phenoxy) is 1. The molecule has 4 nitrogen and oxygen atoms in total. The predicted octanol–water partition coefficient (Wildman–Crippen LogP) is 2.32. The van der Waals surface area contributed by atoms with Crippen LogP contribution in [0.1, 0.15) is 41.7 Å². The van der Waals surface area contributed by atoms with Crippen LogP contribution in [0, 0.1) is 11.8 Å². The average Bonchev–Trinajstić information content (AvgIpc) is 2.52. The normalized spacial score (nSPS) is 18.0. The van der Waals surface area contributed by atoms with E-state index in [1.165, 1.54) is 18.3 Å². The summed E-state index contributed by atoms with van der Waals surface area (Å²) in [5.41, 5.74) is -0.637. The maximum Gasteiger partial charge on any atom is 0.281 e. The van der Waals surface area contributed by atoms with E-state index in [1.54, 1.807) is 0 Å². The molecule has 1 atom stereocenters. The molecule has 0 aliphatic carbocycles. The van der Waals surface area contributed by atoms with Gasteiger partial charge in [0.25, 0.3) is 12.3 Å². The van der Waals surface area contributed by atoms with Crippen LogP contribution in [0.5, 0.6) is 0 Å². The molecule has 1 aliphatic heterocycles. The zero-order valence-corrected chi connectivity index (χ0v) is 11.4. The molecule has 1 aromatic heterocycles. The third kappa shape index (κ3) is 4.50. The molecule has 2 heterocycles. The molecular weight excluding hydrogens is 278 g/mol. The molecule has 0 saturated carbocycles. The molecular formula is C15H16F2N2O2. The van der Waals surface area contributed by atoms with Gasteiger partial charge in [-0.05, 0) is 31.4 Å². The summed E-state index contributed by atoms with van der Waals surface area (Å²) in [6.07, 6.45) is 1.38. The Morgan fingerprint density at radius 2 is 2.38 bits per heavy atom. The van der Waals surface area contributed by atoms with Crippen LogP contribution in [0.15, 0.2) is 18.3 Å². The molecule has 0 spiro atoms. The lowest BCUT2D eigenvalue weighted by Crippen LogP contribution is -2.25. The van der Waals surface area contributed by atoms with Crippen molar-refractivity contribution in [2.24, 2.45) is 0 Å². The van der Waals surface area contributed by atoms with Crippen LogP contribution in [0.3, 0.4) is 0 Å². The Bertz CT molecular complexity index is 546. The average molecular weight is 294 g/mol. The number of rotatable bonds is 3. The number of amides is 1. The van der Waals surface area contributed by atoms with Crippen molar-refractivity contribution in [3.63, 3.8) is 0 Å². The van der Waals surface area contributed by atoms with Crippen molar-refractivity contribution in [3.05, 3.63) is 29.6 Å². The zero-order valence-electron chi connectivity index (χ0n) is 11.4. The number of aromatic nitrogens is 1. The number of nitrogens with zero attached hydrogens (tertiary/aromatic N) is 1. The van der Waals surface area contributed by atoms with Crippen LogP contribution in [-0.4, -0.2) is 30.1 Å². The molecule has 1 fully saturated rings. The molecule has 1 amide bonds. The molecule has 1 N–H and O–H groups in total. The highest BCUT2D eigenvalue weighted by Crippen LogP contribution is 2.19. The fraction of sp³-hybridized carbons (Fsp3) is 0.467. The van der Waals surface area contributed by atoms with Crippen molar-refractivity contribution in [2.75, 3.05) is 13.2 Å². The Hall–Kier alpha value is -2.00. The van der Waals surface area contributed by atoms with E-state index in [2.05, 4.69) is 22.1 Å². The number of hydrogen-bond donors (Lipinski definition) is 1. The molecule has 1 saturated heterocycles.